The first-order chi connectivity index (χ1) is 14.4. The van der Waals surface area contributed by atoms with E-state index in [1.807, 2.05) is 16.6 Å². The standard InChI is InChI=1S/C21H26FN7O/c1-21(2)7-12(8-21)19-17(30-3)6-18-25-11-16(29(18)28-19)14-4-5-24-20(26-14)27-15-10-23-9-13(15)22/h4-6,11-13,15,23H,7-10H2,1-3H3,(H,24,26,27). The van der Waals surface area contributed by atoms with E-state index in [4.69, 9.17) is 9.84 Å². The lowest BCUT2D eigenvalue weighted by Crippen LogP contribution is -2.31. The first-order valence-corrected chi connectivity index (χ1v) is 10.3. The van der Waals surface area contributed by atoms with E-state index in [-0.39, 0.29) is 6.04 Å². The van der Waals surface area contributed by atoms with Crippen LogP contribution in [0.4, 0.5) is 10.3 Å². The highest BCUT2D eigenvalue weighted by Gasteiger charge is 2.39. The van der Waals surface area contributed by atoms with Crippen molar-refractivity contribution in [1.29, 1.82) is 0 Å². The monoisotopic (exact) mass is 411 g/mol. The van der Waals surface area contributed by atoms with E-state index >= 15 is 0 Å². The van der Waals surface area contributed by atoms with Crippen LogP contribution in [0.5, 0.6) is 5.75 Å². The van der Waals surface area contributed by atoms with Crippen LogP contribution in [0, 0.1) is 5.41 Å². The van der Waals surface area contributed by atoms with E-state index in [9.17, 15) is 4.39 Å². The molecule has 8 nitrogen and oxygen atoms in total. The third-order valence-electron chi connectivity index (χ3n) is 6.06. The van der Waals surface area contributed by atoms with Crippen molar-refractivity contribution in [2.24, 2.45) is 5.41 Å². The number of nitrogens with zero attached hydrogens (tertiary/aromatic N) is 5. The van der Waals surface area contributed by atoms with E-state index in [0.29, 0.717) is 41.7 Å². The summed E-state index contributed by atoms with van der Waals surface area (Å²) in [5.74, 6) is 1.54. The number of fused-ring (bicyclic) bond motifs is 1. The molecule has 9 heteroatoms. The van der Waals surface area contributed by atoms with Gasteiger partial charge in [-0.15, -0.1) is 0 Å². The number of imidazole rings is 1. The minimum Gasteiger partial charge on any atom is -0.495 e. The van der Waals surface area contributed by atoms with Crippen LogP contribution in [0.1, 0.15) is 38.3 Å². The number of aromatic nitrogens is 5. The number of hydrogen-bond donors (Lipinski definition) is 2. The molecule has 1 saturated heterocycles. The van der Waals surface area contributed by atoms with Crippen LogP contribution in [-0.2, 0) is 0 Å². The summed E-state index contributed by atoms with van der Waals surface area (Å²) in [6.45, 7) is 5.44. The Morgan fingerprint density at radius 2 is 2.10 bits per heavy atom. The molecule has 5 rings (SSSR count). The van der Waals surface area contributed by atoms with Crippen LogP contribution >= 0.6 is 0 Å². The first kappa shape index (κ1) is 19.2. The third kappa shape index (κ3) is 3.36. The fraction of sp³-hybridized carbons (Fsp3) is 0.524. The number of halogens is 1. The minimum absolute atomic E-state index is 0.334. The molecule has 0 bridgehead atoms. The van der Waals surface area contributed by atoms with Gasteiger partial charge >= 0.3 is 0 Å². The van der Waals surface area contributed by atoms with E-state index in [1.54, 1.807) is 19.5 Å². The summed E-state index contributed by atoms with van der Waals surface area (Å²) >= 11 is 0. The van der Waals surface area contributed by atoms with Crippen molar-refractivity contribution in [3.05, 3.63) is 30.2 Å². The maximum absolute atomic E-state index is 13.9. The van der Waals surface area contributed by atoms with Gasteiger partial charge in [-0.2, -0.15) is 5.10 Å². The van der Waals surface area contributed by atoms with Gasteiger partial charge in [0.25, 0.3) is 0 Å². The highest BCUT2D eigenvalue weighted by atomic mass is 19.1. The summed E-state index contributed by atoms with van der Waals surface area (Å²) in [7, 11) is 1.67. The van der Waals surface area contributed by atoms with Gasteiger partial charge in [0.1, 0.15) is 23.3 Å². The molecule has 1 saturated carbocycles. The summed E-state index contributed by atoms with van der Waals surface area (Å²) in [6.07, 6.45) is 4.60. The van der Waals surface area contributed by atoms with Gasteiger partial charge in [-0.05, 0) is 24.3 Å². The molecule has 2 unspecified atom stereocenters. The van der Waals surface area contributed by atoms with Crippen LogP contribution in [-0.4, -0.2) is 57.0 Å². The van der Waals surface area contributed by atoms with Crippen molar-refractivity contribution < 1.29 is 9.13 Å². The Kier molecular flexibility index (Phi) is 4.57. The maximum Gasteiger partial charge on any atom is 0.223 e. The summed E-state index contributed by atoms with van der Waals surface area (Å²) in [5.41, 5.74) is 3.42. The Bertz CT molecular complexity index is 1070. The van der Waals surface area contributed by atoms with Crippen molar-refractivity contribution in [2.75, 3.05) is 25.5 Å². The molecular formula is C21H26FN7O. The second-order valence-corrected chi connectivity index (χ2v) is 8.97. The molecule has 0 spiro atoms. The van der Waals surface area contributed by atoms with Crippen LogP contribution < -0.4 is 15.4 Å². The molecule has 4 heterocycles. The molecule has 3 aromatic heterocycles. The number of rotatable bonds is 5. The lowest BCUT2D eigenvalue weighted by atomic mass is 9.63. The number of ether oxygens (including phenoxy) is 1. The molecule has 2 fully saturated rings. The van der Waals surface area contributed by atoms with Gasteiger partial charge < -0.3 is 15.4 Å². The highest BCUT2D eigenvalue weighted by molar-refractivity contribution is 5.61. The molecule has 2 atom stereocenters. The zero-order chi connectivity index (χ0) is 20.9. The lowest BCUT2D eigenvalue weighted by Gasteiger charge is -2.42. The number of hydrogen-bond acceptors (Lipinski definition) is 7. The predicted molar refractivity (Wildman–Crippen MR) is 111 cm³/mol. The van der Waals surface area contributed by atoms with Crippen molar-refractivity contribution >= 4 is 11.6 Å². The maximum atomic E-state index is 13.9. The number of nitrogens with one attached hydrogen (secondary N) is 2. The topological polar surface area (TPSA) is 89.3 Å². The first-order valence-electron chi connectivity index (χ1n) is 10.3. The van der Waals surface area contributed by atoms with Crippen LogP contribution in [0.3, 0.4) is 0 Å². The Hall–Kier alpha value is -2.81. The van der Waals surface area contributed by atoms with Gasteiger partial charge in [0.2, 0.25) is 5.95 Å². The Morgan fingerprint density at radius 3 is 2.80 bits per heavy atom. The zero-order valence-electron chi connectivity index (χ0n) is 17.4. The van der Waals surface area contributed by atoms with Crippen LogP contribution in [0.25, 0.3) is 17.0 Å². The van der Waals surface area contributed by atoms with Crippen molar-refractivity contribution in [3.63, 3.8) is 0 Å². The Morgan fingerprint density at radius 1 is 1.27 bits per heavy atom. The third-order valence-corrected chi connectivity index (χ3v) is 6.06. The molecule has 2 aliphatic rings. The van der Waals surface area contributed by atoms with Crippen LogP contribution in [0.2, 0.25) is 0 Å². The summed E-state index contributed by atoms with van der Waals surface area (Å²) < 4.78 is 21.3. The molecule has 0 radical (unpaired) electrons. The summed E-state index contributed by atoms with van der Waals surface area (Å²) in [4.78, 5) is 13.3. The molecule has 158 valence electrons. The van der Waals surface area contributed by atoms with Gasteiger partial charge in [-0.3, -0.25) is 0 Å². The van der Waals surface area contributed by atoms with E-state index < -0.39 is 6.17 Å². The quantitative estimate of drug-likeness (QED) is 0.667. The van der Waals surface area contributed by atoms with Crippen LogP contribution in [0.15, 0.2) is 24.5 Å². The normalized spacial score (nSPS) is 23.5. The average Bonchev–Trinajstić information content (AvgIpc) is 3.31. The van der Waals surface area contributed by atoms with E-state index in [1.165, 1.54) is 0 Å². The molecule has 2 N–H and O–H groups in total. The molecule has 1 aliphatic heterocycles. The minimum atomic E-state index is -0.962. The molecule has 0 amide bonds. The molecular weight excluding hydrogens is 385 g/mol. The molecule has 1 aliphatic carbocycles. The van der Waals surface area contributed by atoms with Gasteiger partial charge in [-0.25, -0.2) is 23.9 Å². The second kappa shape index (κ2) is 7.16. The van der Waals surface area contributed by atoms with E-state index in [0.717, 1.165) is 30.0 Å². The SMILES string of the molecule is COc1cc2ncc(-c3ccnc(NC4CNCC4F)n3)n2nc1C1CC(C)(C)C1. The molecule has 0 aromatic carbocycles. The van der Waals surface area contributed by atoms with Gasteiger partial charge in [0.15, 0.2) is 5.65 Å². The van der Waals surface area contributed by atoms with Gasteiger partial charge in [0.05, 0.1) is 25.0 Å². The average molecular weight is 411 g/mol. The van der Waals surface area contributed by atoms with Crippen molar-refractivity contribution in [1.82, 2.24) is 29.9 Å². The zero-order valence-corrected chi connectivity index (χ0v) is 17.4. The largest absolute Gasteiger partial charge is 0.495 e. The Balaban J connectivity index is 1.49. The molecule has 30 heavy (non-hydrogen) atoms. The Labute approximate surface area is 174 Å². The highest BCUT2D eigenvalue weighted by Crippen LogP contribution is 2.51. The fourth-order valence-corrected chi connectivity index (χ4v) is 4.53. The summed E-state index contributed by atoms with van der Waals surface area (Å²) in [5, 5.41) is 11.0. The van der Waals surface area contributed by atoms with E-state index in [2.05, 4.69) is 39.4 Å². The molecule has 3 aromatic rings. The van der Waals surface area contributed by atoms with Gasteiger partial charge in [-0.1, -0.05) is 13.8 Å². The summed E-state index contributed by atoms with van der Waals surface area (Å²) in [6, 6.07) is 3.40. The number of methoxy groups -OCH3 is 1. The smallest absolute Gasteiger partial charge is 0.223 e. The van der Waals surface area contributed by atoms with Gasteiger partial charge in [0, 0.05) is 31.3 Å². The predicted octanol–water partition coefficient (Wildman–Crippen LogP) is 2.82. The fourth-order valence-electron chi connectivity index (χ4n) is 4.53. The number of alkyl halides is 1. The second-order valence-electron chi connectivity index (χ2n) is 8.97. The lowest BCUT2D eigenvalue weighted by molar-refractivity contribution is 0.145. The number of anilines is 1. The van der Waals surface area contributed by atoms with Crippen molar-refractivity contribution in [2.45, 2.75) is 44.8 Å². The van der Waals surface area contributed by atoms with Crippen molar-refractivity contribution in [3.8, 4) is 17.1 Å².